The zero-order valence-corrected chi connectivity index (χ0v) is 12.8. The van der Waals surface area contributed by atoms with E-state index in [-0.39, 0.29) is 11.8 Å². The number of rotatable bonds is 5. The summed E-state index contributed by atoms with van der Waals surface area (Å²) in [7, 11) is 0. The summed E-state index contributed by atoms with van der Waals surface area (Å²) >= 11 is 0. The van der Waals surface area contributed by atoms with Crippen LogP contribution in [0.2, 0.25) is 0 Å². The van der Waals surface area contributed by atoms with Crippen molar-refractivity contribution in [3.63, 3.8) is 0 Å². The van der Waals surface area contributed by atoms with Gasteiger partial charge in [0, 0.05) is 31.0 Å². The Morgan fingerprint density at radius 1 is 1.29 bits per heavy atom. The van der Waals surface area contributed by atoms with Gasteiger partial charge < -0.3 is 9.73 Å². The first-order valence-electron chi connectivity index (χ1n) is 7.97. The van der Waals surface area contributed by atoms with Crippen molar-refractivity contribution in [2.45, 2.75) is 58.0 Å². The molecule has 0 atom stereocenters. The van der Waals surface area contributed by atoms with Gasteiger partial charge in [0.2, 0.25) is 17.7 Å². The van der Waals surface area contributed by atoms with Gasteiger partial charge in [-0.3, -0.25) is 9.69 Å². The molecule has 2 aliphatic rings. The summed E-state index contributed by atoms with van der Waals surface area (Å²) in [6.45, 7) is 6.51. The van der Waals surface area contributed by atoms with E-state index in [4.69, 9.17) is 4.42 Å². The molecule has 0 bridgehead atoms. The zero-order chi connectivity index (χ0) is 14.8. The molecule has 1 aromatic heterocycles. The molecule has 1 amide bonds. The fourth-order valence-corrected chi connectivity index (χ4v) is 2.62. The van der Waals surface area contributed by atoms with E-state index >= 15 is 0 Å². The zero-order valence-electron chi connectivity index (χ0n) is 12.8. The SMILES string of the molecule is CC(C)C(=O)NC1CCN(Cc2nnc(C3CC3)o2)CC1. The quantitative estimate of drug-likeness (QED) is 0.894. The van der Waals surface area contributed by atoms with Crippen molar-refractivity contribution >= 4 is 5.91 Å². The molecule has 2 heterocycles. The predicted octanol–water partition coefficient (Wildman–Crippen LogP) is 1.68. The summed E-state index contributed by atoms with van der Waals surface area (Å²) in [6, 6.07) is 0.306. The van der Waals surface area contributed by atoms with Crippen molar-refractivity contribution in [3.05, 3.63) is 11.8 Å². The van der Waals surface area contributed by atoms with Crippen LogP contribution in [0, 0.1) is 5.92 Å². The normalized spacial score (nSPS) is 20.9. The molecular formula is C15H24N4O2. The maximum Gasteiger partial charge on any atom is 0.230 e. The van der Waals surface area contributed by atoms with Crippen molar-refractivity contribution in [1.82, 2.24) is 20.4 Å². The number of carbonyl (C=O) groups is 1. The number of nitrogens with zero attached hydrogens (tertiary/aromatic N) is 3. The molecule has 0 aromatic carbocycles. The minimum atomic E-state index is 0.0577. The standard InChI is InChI=1S/C15H24N4O2/c1-10(2)14(20)16-12-5-7-19(8-6-12)9-13-17-18-15(21-13)11-3-4-11/h10-12H,3-9H2,1-2H3,(H,16,20). The molecule has 1 aliphatic heterocycles. The lowest BCUT2D eigenvalue weighted by Crippen LogP contribution is -2.45. The molecule has 3 rings (SSSR count). The minimum Gasteiger partial charge on any atom is -0.424 e. The predicted molar refractivity (Wildman–Crippen MR) is 77.6 cm³/mol. The molecule has 1 saturated heterocycles. The smallest absolute Gasteiger partial charge is 0.230 e. The Kier molecular flexibility index (Phi) is 4.24. The maximum atomic E-state index is 11.7. The number of aromatic nitrogens is 2. The van der Waals surface area contributed by atoms with E-state index in [9.17, 15) is 4.79 Å². The van der Waals surface area contributed by atoms with Gasteiger partial charge in [0.25, 0.3) is 0 Å². The van der Waals surface area contributed by atoms with Crippen LogP contribution in [0.15, 0.2) is 4.42 Å². The number of carbonyl (C=O) groups excluding carboxylic acids is 1. The van der Waals surface area contributed by atoms with Crippen molar-refractivity contribution in [2.75, 3.05) is 13.1 Å². The number of nitrogens with one attached hydrogen (secondary N) is 1. The Labute approximate surface area is 125 Å². The second kappa shape index (κ2) is 6.13. The molecule has 2 fully saturated rings. The molecule has 0 unspecified atom stereocenters. The van der Waals surface area contributed by atoms with Crippen molar-refractivity contribution in [1.29, 1.82) is 0 Å². The van der Waals surface area contributed by atoms with Gasteiger partial charge in [-0.05, 0) is 25.7 Å². The lowest BCUT2D eigenvalue weighted by atomic mass is 10.0. The minimum absolute atomic E-state index is 0.0577. The monoisotopic (exact) mass is 292 g/mol. The summed E-state index contributed by atoms with van der Waals surface area (Å²) in [5.41, 5.74) is 0. The lowest BCUT2D eigenvalue weighted by Gasteiger charge is -2.31. The fraction of sp³-hybridized carbons (Fsp3) is 0.800. The highest BCUT2D eigenvalue weighted by atomic mass is 16.4. The van der Waals surface area contributed by atoms with Gasteiger partial charge in [0.1, 0.15) is 0 Å². The highest BCUT2D eigenvalue weighted by molar-refractivity contribution is 5.78. The Balaban J connectivity index is 1.43. The molecule has 0 radical (unpaired) electrons. The summed E-state index contributed by atoms with van der Waals surface area (Å²) in [4.78, 5) is 14.0. The van der Waals surface area contributed by atoms with Crippen LogP contribution in [0.3, 0.4) is 0 Å². The molecule has 116 valence electrons. The number of amides is 1. The first-order chi connectivity index (χ1) is 10.1. The molecule has 6 nitrogen and oxygen atoms in total. The van der Waals surface area contributed by atoms with Gasteiger partial charge in [0.05, 0.1) is 6.54 Å². The first-order valence-corrected chi connectivity index (χ1v) is 7.97. The van der Waals surface area contributed by atoms with E-state index in [1.165, 1.54) is 12.8 Å². The molecule has 21 heavy (non-hydrogen) atoms. The van der Waals surface area contributed by atoms with E-state index in [0.29, 0.717) is 12.0 Å². The fourth-order valence-electron chi connectivity index (χ4n) is 2.62. The largest absolute Gasteiger partial charge is 0.424 e. The molecule has 1 aromatic rings. The maximum absolute atomic E-state index is 11.7. The van der Waals surface area contributed by atoms with Crippen molar-refractivity contribution < 1.29 is 9.21 Å². The van der Waals surface area contributed by atoms with Gasteiger partial charge >= 0.3 is 0 Å². The number of hydrogen-bond acceptors (Lipinski definition) is 5. The number of piperidine rings is 1. The van der Waals surface area contributed by atoms with Gasteiger partial charge in [-0.25, -0.2) is 0 Å². The van der Waals surface area contributed by atoms with Crippen LogP contribution >= 0.6 is 0 Å². The Morgan fingerprint density at radius 2 is 2.00 bits per heavy atom. The average molecular weight is 292 g/mol. The van der Waals surface area contributed by atoms with Crippen LogP contribution in [0.4, 0.5) is 0 Å². The third-order valence-corrected chi connectivity index (χ3v) is 4.23. The van der Waals surface area contributed by atoms with E-state index in [2.05, 4.69) is 20.4 Å². The van der Waals surface area contributed by atoms with Gasteiger partial charge in [0.15, 0.2) is 0 Å². The molecule has 1 saturated carbocycles. The van der Waals surface area contributed by atoms with Crippen LogP contribution in [-0.4, -0.2) is 40.1 Å². The van der Waals surface area contributed by atoms with Gasteiger partial charge in [-0.2, -0.15) is 0 Å². The van der Waals surface area contributed by atoms with E-state index in [0.717, 1.165) is 44.3 Å². The molecular weight excluding hydrogens is 268 g/mol. The highest BCUT2D eigenvalue weighted by Gasteiger charge is 2.30. The second-order valence-corrected chi connectivity index (χ2v) is 6.52. The van der Waals surface area contributed by atoms with E-state index < -0.39 is 0 Å². The number of hydrogen-bond donors (Lipinski definition) is 1. The van der Waals surface area contributed by atoms with Crippen molar-refractivity contribution in [3.8, 4) is 0 Å². The molecule has 0 spiro atoms. The highest BCUT2D eigenvalue weighted by Crippen LogP contribution is 2.39. The Morgan fingerprint density at radius 3 is 2.62 bits per heavy atom. The number of likely N-dealkylation sites (tertiary alicyclic amines) is 1. The van der Waals surface area contributed by atoms with Crippen LogP contribution in [-0.2, 0) is 11.3 Å². The second-order valence-electron chi connectivity index (χ2n) is 6.52. The van der Waals surface area contributed by atoms with Crippen LogP contribution in [0.25, 0.3) is 0 Å². The summed E-state index contributed by atoms with van der Waals surface area (Å²) < 4.78 is 5.70. The van der Waals surface area contributed by atoms with Crippen LogP contribution < -0.4 is 5.32 Å². The third-order valence-electron chi connectivity index (χ3n) is 4.23. The molecule has 6 heteroatoms. The average Bonchev–Trinajstić information content (AvgIpc) is 3.21. The van der Waals surface area contributed by atoms with Gasteiger partial charge in [-0.1, -0.05) is 13.8 Å². The third kappa shape index (κ3) is 3.81. The summed E-state index contributed by atoms with van der Waals surface area (Å²) in [5.74, 6) is 2.26. The molecule has 1 N–H and O–H groups in total. The van der Waals surface area contributed by atoms with Crippen LogP contribution in [0.5, 0.6) is 0 Å². The first kappa shape index (κ1) is 14.5. The summed E-state index contributed by atoms with van der Waals surface area (Å²) in [6.07, 6.45) is 4.34. The van der Waals surface area contributed by atoms with Crippen LogP contribution in [0.1, 0.15) is 57.2 Å². The Bertz CT molecular complexity index is 488. The van der Waals surface area contributed by atoms with Crippen molar-refractivity contribution in [2.24, 2.45) is 5.92 Å². The Hall–Kier alpha value is -1.43. The topological polar surface area (TPSA) is 71.3 Å². The van der Waals surface area contributed by atoms with E-state index in [1.807, 2.05) is 13.8 Å². The molecule has 1 aliphatic carbocycles. The van der Waals surface area contributed by atoms with E-state index in [1.54, 1.807) is 0 Å². The summed E-state index contributed by atoms with van der Waals surface area (Å²) in [5, 5.41) is 11.4. The lowest BCUT2D eigenvalue weighted by molar-refractivity contribution is -0.125. The van der Waals surface area contributed by atoms with Gasteiger partial charge in [-0.15, -0.1) is 10.2 Å².